The molecule has 0 aliphatic carbocycles. The second-order valence-electron chi connectivity index (χ2n) is 3.00. The SMILES string of the molecule is COC(=O)[C@H]1CCN(CCCl)C1. The van der Waals surface area contributed by atoms with Crippen LogP contribution in [0.25, 0.3) is 0 Å². The number of methoxy groups -OCH3 is 1. The summed E-state index contributed by atoms with van der Waals surface area (Å²) in [5, 5.41) is 0. The number of hydrogen-bond donors (Lipinski definition) is 0. The van der Waals surface area contributed by atoms with Gasteiger partial charge >= 0.3 is 5.97 Å². The van der Waals surface area contributed by atoms with Crippen LogP contribution in [0, 0.1) is 5.92 Å². The third-order valence-corrected chi connectivity index (χ3v) is 2.38. The van der Waals surface area contributed by atoms with Crippen LogP contribution in [-0.2, 0) is 9.53 Å². The fourth-order valence-corrected chi connectivity index (χ4v) is 1.75. The number of nitrogens with zero attached hydrogens (tertiary/aromatic N) is 1. The summed E-state index contributed by atoms with van der Waals surface area (Å²) in [5.74, 6) is 0.610. The second kappa shape index (κ2) is 4.67. The fraction of sp³-hybridized carbons (Fsp3) is 0.875. The fourth-order valence-electron chi connectivity index (χ4n) is 1.51. The third-order valence-electron chi connectivity index (χ3n) is 2.21. The minimum Gasteiger partial charge on any atom is -0.469 e. The molecule has 1 fully saturated rings. The number of hydrogen-bond acceptors (Lipinski definition) is 3. The molecular weight excluding hydrogens is 178 g/mol. The molecule has 1 rings (SSSR count). The van der Waals surface area contributed by atoms with Crippen LogP contribution in [0.1, 0.15) is 6.42 Å². The van der Waals surface area contributed by atoms with Crippen LogP contribution in [0.3, 0.4) is 0 Å². The Balaban J connectivity index is 2.30. The molecule has 70 valence electrons. The van der Waals surface area contributed by atoms with Gasteiger partial charge in [0.15, 0.2) is 0 Å². The standard InChI is InChI=1S/C8H14ClNO2/c1-12-8(11)7-2-4-10(6-7)5-3-9/h7H,2-6H2,1H3/t7-/m0/s1. The van der Waals surface area contributed by atoms with Crippen molar-refractivity contribution in [3.63, 3.8) is 0 Å². The van der Waals surface area contributed by atoms with Crippen LogP contribution in [0.15, 0.2) is 0 Å². The molecule has 0 unspecified atom stereocenters. The first kappa shape index (κ1) is 9.81. The van der Waals surface area contributed by atoms with Gasteiger partial charge in [-0.3, -0.25) is 4.79 Å². The van der Waals surface area contributed by atoms with E-state index in [1.54, 1.807) is 0 Å². The molecule has 1 heterocycles. The molecule has 1 aliphatic heterocycles. The number of carbonyl (C=O) groups excluding carboxylic acids is 1. The van der Waals surface area contributed by atoms with Crippen molar-refractivity contribution in [3.05, 3.63) is 0 Å². The number of ether oxygens (including phenoxy) is 1. The molecule has 0 saturated carbocycles. The van der Waals surface area contributed by atoms with E-state index >= 15 is 0 Å². The summed E-state index contributed by atoms with van der Waals surface area (Å²) in [7, 11) is 1.44. The highest BCUT2D eigenvalue weighted by molar-refractivity contribution is 6.18. The molecule has 12 heavy (non-hydrogen) atoms. The first-order valence-electron chi connectivity index (χ1n) is 4.14. The maximum absolute atomic E-state index is 11.1. The molecule has 1 saturated heterocycles. The summed E-state index contributed by atoms with van der Waals surface area (Å²) >= 11 is 5.58. The molecule has 0 aromatic rings. The number of alkyl halides is 1. The number of likely N-dealkylation sites (tertiary alicyclic amines) is 1. The number of esters is 1. The third kappa shape index (κ3) is 2.35. The van der Waals surface area contributed by atoms with Gasteiger partial charge in [0.25, 0.3) is 0 Å². The lowest BCUT2D eigenvalue weighted by Crippen LogP contribution is -2.25. The maximum atomic E-state index is 11.1. The average molecular weight is 192 g/mol. The van der Waals surface area contributed by atoms with Gasteiger partial charge in [0.05, 0.1) is 13.0 Å². The van der Waals surface area contributed by atoms with E-state index in [1.165, 1.54) is 7.11 Å². The van der Waals surface area contributed by atoms with Crippen LogP contribution >= 0.6 is 11.6 Å². The lowest BCUT2D eigenvalue weighted by Gasteiger charge is -2.12. The number of halogens is 1. The van der Waals surface area contributed by atoms with Gasteiger partial charge in [-0.2, -0.15) is 0 Å². The van der Waals surface area contributed by atoms with E-state index in [9.17, 15) is 4.79 Å². The van der Waals surface area contributed by atoms with Crippen LogP contribution in [-0.4, -0.2) is 43.5 Å². The van der Waals surface area contributed by atoms with Gasteiger partial charge in [-0.15, -0.1) is 11.6 Å². The monoisotopic (exact) mass is 191 g/mol. The van der Waals surface area contributed by atoms with E-state index in [0.717, 1.165) is 26.1 Å². The van der Waals surface area contributed by atoms with Crippen molar-refractivity contribution in [1.29, 1.82) is 0 Å². The first-order valence-corrected chi connectivity index (χ1v) is 4.67. The first-order chi connectivity index (χ1) is 5.77. The highest BCUT2D eigenvalue weighted by Crippen LogP contribution is 2.16. The van der Waals surface area contributed by atoms with Crippen molar-refractivity contribution < 1.29 is 9.53 Å². The quantitative estimate of drug-likeness (QED) is 0.487. The van der Waals surface area contributed by atoms with Crippen molar-refractivity contribution in [2.45, 2.75) is 6.42 Å². The van der Waals surface area contributed by atoms with E-state index in [-0.39, 0.29) is 11.9 Å². The summed E-state index contributed by atoms with van der Waals surface area (Å²) in [6.07, 6.45) is 0.906. The summed E-state index contributed by atoms with van der Waals surface area (Å²) in [4.78, 5) is 13.3. The van der Waals surface area contributed by atoms with Crippen molar-refractivity contribution in [2.24, 2.45) is 5.92 Å². The van der Waals surface area contributed by atoms with E-state index in [0.29, 0.717) is 5.88 Å². The molecule has 0 aromatic heterocycles. The number of rotatable bonds is 3. The number of carbonyl (C=O) groups is 1. The Kier molecular flexibility index (Phi) is 3.82. The Morgan fingerprint density at radius 2 is 2.50 bits per heavy atom. The predicted octanol–water partition coefficient (Wildman–Crippen LogP) is 0.720. The Labute approximate surface area is 77.6 Å². The van der Waals surface area contributed by atoms with Crippen LogP contribution in [0.5, 0.6) is 0 Å². The van der Waals surface area contributed by atoms with Gasteiger partial charge in [0.2, 0.25) is 0 Å². The largest absolute Gasteiger partial charge is 0.469 e. The minimum absolute atomic E-state index is 0.0678. The zero-order valence-corrected chi connectivity index (χ0v) is 8.01. The lowest BCUT2D eigenvalue weighted by molar-refractivity contribution is -0.144. The Morgan fingerprint density at radius 1 is 1.75 bits per heavy atom. The van der Waals surface area contributed by atoms with Gasteiger partial charge in [-0.25, -0.2) is 0 Å². The normalized spacial score (nSPS) is 24.3. The second-order valence-corrected chi connectivity index (χ2v) is 3.38. The highest BCUT2D eigenvalue weighted by atomic mass is 35.5. The van der Waals surface area contributed by atoms with E-state index in [1.807, 2.05) is 0 Å². The smallest absolute Gasteiger partial charge is 0.310 e. The van der Waals surface area contributed by atoms with Crippen molar-refractivity contribution >= 4 is 17.6 Å². The molecule has 1 atom stereocenters. The van der Waals surface area contributed by atoms with E-state index in [4.69, 9.17) is 11.6 Å². The van der Waals surface area contributed by atoms with E-state index in [2.05, 4.69) is 9.64 Å². The predicted molar refractivity (Wildman–Crippen MR) is 47.3 cm³/mol. The molecule has 3 nitrogen and oxygen atoms in total. The molecule has 0 amide bonds. The molecule has 0 spiro atoms. The van der Waals surface area contributed by atoms with Gasteiger partial charge < -0.3 is 9.64 Å². The molecule has 0 aromatic carbocycles. The molecule has 0 N–H and O–H groups in total. The van der Waals surface area contributed by atoms with Gasteiger partial charge in [-0.05, 0) is 13.0 Å². The minimum atomic E-state index is -0.0907. The van der Waals surface area contributed by atoms with Crippen LogP contribution < -0.4 is 0 Å². The van der Waals surface area contributed by atoms with Gasteiger partial charge in [-0.1, -0.05) is 0 Å². The Bertz CT molecular complexity index is 163. The summed E-state index contributed by atoms with van der Waals surface area (Å²) in [5.41, 5.74) is 0. The van der Waals surface area contributed by atoms with Gasteiger partial charge in [0.1, 0.15) is 0 Å². The van der Waals surface area contributed by atoms with Crippen molar-refractivity contribution in [1.82, 2.24) is 4.90 Å². The Hall–Kier alpha value is -0.280. The molecule has 1 aliphatic rings. The van der Waals surface area contributed by atoms with E-state index < -0.39 is 0 Å². The van der Waals surface area contributed by atoms with Crippen LogP contribution in [0.2, 0.25) is 0 Å². The summed E-state index contributed by atoms with van der Waals surface area (Å²) in [6, 6.07) is 0. The molecule has 0 radical (unpaired) electrons. The summed E-state index contributed by atoms with van der Waals surface area (Å²) in [6.45, 7) is 2.64. The van der Waals surface area contributed by atoms with Gasteiger partial charge in [0, 0.05) is 19.0 Å². The Morgan fingerprint density at radius 3 is 3.08 bits per heavy atom. The molecule has 4 heteroatoms. The lowest BCUT2D eigenvalue weighted by atomic mass is 10.1. The zero-order valence-electron chi connectivity index (χ0n) is 7.25. The van der Waals surface area contributed by atoms with Crippen molar-refractivity contribution in [2.75, 3.05) is 32.6 Å². The molecule has 0 bridgehead atoms. The summed E-state index contributed by atoms with van der Waals surface area (Å²) < 4.78 is 4.66. The molecular formula is C8H14ClNO2. The average Bonchev–Trinajstić information content (AvgIpc) is 2.52. The highest BCUT2D eigenvalue weighted by Gasteiger charge is 2.28. The van der Waals surface area contributed by atoms with Crippen LogP contribution in [0.4, 0.5) is 0 Å². The zero-order chi connectivity index (χ0) is 8.97. The maximum Gasteiger partial charge on any atom is 0.310 e. The van der Waals surface area contributed by atoms with Crippen molar-refractivity contribution in [3.8, 4) is 0 Å². The topological polar surface area (TPSA) is 29.5 Å².